The largest absolute Gasteiger partial charge is 0.465 e. The van der Waals surface area contributed by atoms with Crippen LogP contribution in [-0.2, 0) is 16.1 Å². The first-order valence-corrected chi connectivity index (χ1v) is 12.1. The minimum atomic E-state index is -0.587. The number of benzene rings is 1. The molecule has 0 saturated carbocycles. The molecule has 34 heavy (non-hydrogen) atoms. The van der Waals surface area contributed by atoms with E-state index in [0.29, 0.717) is 33.7 Å². The van der Waals surface area contributed by atoms with Gasteiger partial charge in [-0.1, -0.05) is 23.9 Å². The van der Waals surface area contributed by atoms with E-state index in [0.717, 1.165) is 5.56 Å². The first kappa shape index (κ1) is 23.6. The number of ether oxygens (including phenoxy) is 1. The van der Waals surface area contributed by atoms with Crippen molar-refractivity contribution in [2.45, 2.75) is 18.6 Å². The van der Waals surface area contributed by atoms with Gasteiger partial charge in [-0.2, -0.15) is 0 Å². The van der Waals surface area contributed by atoms with Crippen LogP contribution in [0.25, 0.3) is 22.5 Å². The monoisotopic (exact) mass is 497 g/mol. The molecular formula is C23H20FN5O3S2. The van der Waals surface area contributed by atoms with E-state index in [1.165, 1.54) is 42.3 Å². The lowest BCUT2D eigenvalue weighted by Gasteiger charge is -2.09. The van der Waals surface area contributed by atoms with Crippen LogP contribution in [0, 0.1) is 5.82 Å². The highest BCUT2D eigenvalue weighted by molar-refractivity contribution is 7.99. The van der Waals surface area contributed by atoms with E-state index >= 15 is 0 Å². The van der Waals surface area contributed by atoms with Crippen LogP contribution < -0.4 is 5.32 Å². The quantitative estimate of drug-likeness (QED) is 0.277. The molecule has 11 heteroatoms. The molecule has 0 atom stereocenters. The van der Waals surface area contributed by atoms with Crippen molar-refractivity contribution in [1.82, 2.24) is 19.7 Å². The predicted molar refractivity (Wildman–Crippen MR) is 129 cm³/mol. The lowest BCUT2D eigenvalue weighted by atomic mass is 10.0. The number of rotatable bonds is 8. The topological polar surface area (TPSA) is 99.0 Å². The standard InChI is InChI=1S/C23H20FN5O3S2/c1-3-29-20(15-8-10-25-11-9-15)27-28-23(29)34-13-18(30)26-21-19(22(31)32-2)17(12-33-21)14-4-6-16(24)7-5-14/h4-12H,3,13H2,1-2H3,(H,26,30). The number of nitrogens with zero attached hydrogens (tertiary/aromatic N) is 4. The number of anilines is 1. The van der Waals surface area contributed by atoms with Crippen LogP contribution in [0.4, 0.5) is 9.39 Å². The summed E-state index contributed by atoms with van der Waals surface area (Å²) in [6.07, 6.45) is 3.37. The minimum Gasteiger partial charge on any atom is -0.465 e. The molecular weight excluding hydrogens is 477 g/mol. The summed E-state index contributed by atoms with van der Waals surface area (Å²) in [6, 6.07) is 9.47. The number of pyridine rings is 1. The second kappa shape index (κ2) is 10.6. The Labute approximate surface area is 203 Å². The van der Waals surface area contributed by atoms with Crippen LogP contribution in [-0.4, -0.2) is 44.5 Å². The van der Waals surface area contributed by atoms with Gasteiger partial charge < -0.3 is 14.6 Å². The van der Waals surface area contributed by atoms with Crippen molar-refractivity contribution in [2.24, 2.45) is 0 Å². The summed E-state index contributed by atoms with van der Waals surface area (Å²) in [5.74, 6) is -0.507. The smallest absolute Gasteiger partial charge is 0.341 e. The Morgan fingerprint density at radius 3 is 2.53 bits per heavy atom. The Balaban J connectivity index is 1.50. The van der Waals surface area contributed by atoms with Gasteiger partial charge in [-0.25, -0.2) is 9.18 Å². The van der Waals surface area contributed by atoms with Gasteiger partial charge in [-0.3, -0.25) is 9.78 Å². The molecule has 0 aliphatic rings. The SMILES string of the molecule is CCn1c(SCC(=O)Nc2scc(-c3ccc(F)cc3)c2C(=O)OC)nnc1-c1ccncc1. The highest BCUT2D eigenvalue weighted by atomic mass is 32.2. The number of halogens is 1. The summed E-state index contributed by atoms with van der Waals surface area (Å²) < 4.78 is 20.2. The van der Waals surface area contributed by atoms with E-state index in [9.17, 15) is 14.0 Å². The third-order valence-corrected chi connectivity index (χ3v) is 6.75. The Kier molecular flexibility index (Phi) is 7.33. The third kappa shape index (κ3) is 5.00. The fraction of sp³-hybridized carbons (Fsp3) is 0.174. The van der Waals surface area contributed by atoms with Crippen LogP contribution >= 0.6 is 23.1 Å². The molecule has 0 aliphatic heterocycles. The van der Waals surface area contributed by atoms with Gasteiger partial charge in [0.05, 0.1) is 12.9 Å². The molecule has 4 aromatic rings. The number of nitrogens with one attached hydrogen (secondary N) is 1. The van der Waals surface area contributed by atoms with Crippen LogP contribution in [0.2, 0.25) is 0 Å². The molecule has 1 aromatic carbocycles. The van der Waals surface area contributed by atoms with Crippen molar-refractivity contribution in [2.75, 3.05) is 18.2 Å². The molecule has 0 saturated heterocycles. The van der Waals surface area contributed by atoms with Crippen LogP contribution in [0.1, 0.15) is 17.3 Å². The van der Waals surface area contributed by atoms with Crippen molar-refractivity contribution in [1.29, 1.82) is 0 Å². The second-order valence-electron chi connectivity index (χ2n) is 6.98. The minimum absolute atomic E-state index is 0.0683. The van der Waals surface area contributed by atoms with E-state index in [2.05, 4.69) is 20.5 Å². The van der Waals surface area contributed by atoms with Crippen molar-refractivity contribution in [3.8, 4) is 22.5 Å². The van der Waals surface area contributed by atoms with Gasteiger partial charge >= 0.3 is 5.97 Å². The van der Waals surface area contributed by atoms with Crippen LogP contribution in [0.3, 0.4) is 0 Å². The molecule has 8 nitrogen and oxygen atoms in total. The van der Waals surface area contributed by atoms with Gasteiger partial charge in [0, 0.05) is 35.4 Å². The van der Waals surface area contributed by atoms with Crippen molar-refractivity contribution in [3.05, 3.63) is 65.6 Å². The molecule has 4 rings (SSSR count). The molecule has 0 aliphatic carbocycles. The highest BCUT2D eigenvalue weighted by Crippen LogP contribution is 2.36. The molecule has 0 radical (unpaired) electrons. The zero-order chi connectivity index (χ0) is 24.1. The summed E-state index contributed by atoms with van der Waals surface area (Å²) in [5.41, 5.74) is 2.32. The molecule has 1 N–H and O–H groups in total. The number of hydrogen-bond acceptors (Lipinski definition) is 8. The van der Waals surface area contributed by atoms with E-state index in [-0.39, 0.29) is 23.0 Å². The number of carbonyl (C=O) groups excluding carboxylic acids is 2. The fourth-order valence-electron chi connectivity index (χ4n) is 3.28. The van der Waals surface area contributed by atoms with E-state index in [1.54, 1.807) is 29.9 Å². The second-order valence-corrected chi connectivity index (χ2v) is 8.80. The number of carbonyl (C=O) groups is 2. The van der Waals surface area contributed by atoms with Gasteiger partial charge in [0.15, 0.2) is 11.0 Å². The maximum atomic E-state index is 13.3. The lowest BCUT2D eigenvalue weighted by molar-refractivity contribution is -0.113. The van der Waals surface area contributed by atoms with E-state index in [1.807, 2.05) is 23.6 Å². The Hall–Kier alpha value is -3.57. The zero-order valence-electron chi connectivity index (χ0n) is 18.3. The lowest BCUT2D eigenvalue weighted by Crippen LogP contribution is -2.16. The average Bonchev–Trinajstić information content (AvgIpc) is 3.47. The number of methoxy groups -OCH3 is 1. The Morgan fingerprint density at radius 1 is 1.12 bits per heavy atom. The zero-order valence-corrected chi connectivity index (χ0v) is 20.0. The van der Waals surface area contributed by atoms with Crippen LogP contribution in [0.5, 0.6) is 0 Å². The van der Waals surface area contributed by atoms with Crippen molar-refractivity contribution in [3.63, 3.8) is 0 Å². The Bertz CT molecular complexity index is 1310. The number of amides is 1. The van der Waals surface area contributed by atoms with Crippen molar-refractivity contribution < 1.29 is 18.7 Å². The number of thioether (sulfide) groups is 1. The van der Waals surface area contributed by atoms with E-state index in [4.69, 9.17) is 4.74 Å². The molecule has 0 spiro atoms. The average molecular weight is 498 g/mol. The molecule has 0 unspecified atom stereocenters. The molecule has 0 bridgehead atoms. The molecule has 3 heterocycles. The van der Waals surface area contributed by atoms with Crippen molar-refractivity contribution >= 4 is 40.0 Å². The van der Waals surface area contributed by atoms with Crippen LogP contribution in [0.15, 0.2) is 59.3 Å². The van der Waals surface area contributed by atoms with E-state index < -0.39 is 5.97 Å². The van der Waals surface area contributed by atoms with Gasteiger partial charge in [-0.05, 0) is 36.8 Å². The number of esters is 1. The van der Waals surface area contributed by atoms with Gasteiger partial charge in [0.1, 0.15) is 16.4 Å². The molecule has 3 aromatic heterocycles. The van der Waals surface area contributed by atoms with Gasteiger partial charge in [0.25, 0.3) is 0 Å². The highest BCUT2D eigenvalue weighted by Gasteiger charge is 2.23. The summed E-state index contributed by atoms with van der Waals surface area (Å²) in [5, 5.41) is 14.0. The maximum absolute atomic E-state index is 13.3. The molecule has 174 valence electrons. The number of hydrogen-bond donors (Lipinski definition) is 1. The summed E-state index contributed by atoms with van der Waals surface area (Å²) in [6.45, 7) is 2.61. The maximum Gasteiger partial charge on any atom is 0.341 e. The van der Waals surface area contributed by atoms with Gasteiger partial charge in [-0.15, -0.1) is 21.5 Å². The van der Waals surface area contributed by atoms with Gasteiger partial charge in [0.2, 0.25) is 5.91 Å². The first-order valence-electron chi connectivity index (χ1n) is 10.2. The normalized spacial score (nSPS) is 10.8. The number of thiophene rings is 1. The molecule has 0 fully saturated rings. The summed E-state index contributed by atoms with van der Waals surface area (Å²) in [7, 11) is 1.27. The molecule has 1 amide bonds. The summed E-state index contributed by atoms with van der Waals surface area (Å²) in [4.78, 5) is 29.2. The number of aromatic nitrogens is 4. The first-order chi connectivity index (χ1) is 16.5. The fourth-order valence-corrected chi connectivity index (χ4v) is 5.06. The Morgan fingerprint density at radius 2 is 1.85 bits per heavy atom. The summed E-state index contributed by atoms with van der Waals surface area (Å²) >= 11 is 2.45. The third-order valence-electron chi connectivity index (χ3n) is 4.89. The predicted octanol–water partition coefficient (Wildman–Crippen LogP) is 4.75.